The van der Waals surface area contributed by atoms with Gasteiger partial charge in [0.05, 0.1) is 34.2 Å². The van der Waals surface area contributed by atoms with Crippen molar-refractivity contribution in [3.8, 4) is 0 Å². The molecular formula is C16H16N2O6S. The maximum absolute atomic E-state index is 12.6. The lowest BCUT2D eigenvalue weighted by molar-refractivity contribution is -0.385. The number of carbonyl (C=O) groups is 1. The van der Waals surface area contributed by atoms with Crippen LogP contribution in [0.2, 0.25) is 0 Å². The first-order valence-electron chi connectivity index (χ1n) is 7.53. The number of para-hydroxylation sites is 1. The number of carbonyl (C=O) groups excluding carboxylic acids is 1. The van der Waals surface area contributed by atoms with Crippen LogP contribution in [0.25, 0.3) is 0 Å². The lowest BCUT2D eigenvalue weighted by atomic mass is 9.85. The second-order valence-corrected chi connectivity index (χ2v) is 7.89. The molecule has 0 aliphatic carbocycles. The molecule has 0 saturated carbocycles. The fraction of sp³-hybridized carbons (Fsp3) is 0.312. The maximum Gasteiger partial charge on any atom is 0.336 e. The molecule has 1 unspecified atom stereocenters. The number of nitro groups is 1. The van der Waals surface area contributed by atoms with E-state index in [1.807, 2.05) is 0 Å². The minimum atomic E-state index is -3.63. The molecule has 0 saturated heterocycles. The highest BCUT2D eigenvalue weighted by atomic mass is 32.2. The van der Waals surface area contributed by atoms with Gasteiger partial charge in [0.25, 0.3) is 5.69 Å². The summed E-state index contributed by atoms with van der Waals surface area (Å²) in [7, 11) is -2.45. The van der Waals surface area contributed by atoms with Crippen molar-refractivity contribution in [2.75, 3.05) is 12.9 Å². The third-order valence-electron chi connectivity index (χ3n) is 4.40. The Labute approximate surface area is 144 Å². The lowest BCUT2D eigenvalue weighted by Gasteiger charge is -2.28. The molecule has 0 radical (unpaired) electrons. The van der Waals surface area contributed by atoms with Crippen LogP contribution >= 0.6 is 0 Å². The standard InChI is InChI=1S/C16H16N2O6S/c1-9-13(16(19)24-2)14(10-5-3-4-6-12(10)18(20)21)15-11(17-9)7-8-25(15,22)23/h3-6,14,17H,7-8H2,1-2H3. The largest absolute Gasteiger partial charge is 0.466 e. The van der Waals surface area contributed by atoms with E-state index in [0.717, 1.165) is 0 Å². The van der Waals surface area contributed by atoms with Gasteiger partial charge in [-0.05, 0) is 6.92 Å². The van der Waals surface area contributed by atoms with Gasteiger partial charge in [0.15, 0.2) is 9.84 Å². The van der Waals surface area contributed by atoms with Gasteiger partial charge in [0.2, 0.25) is 0 Å². The van der Waals surface area contributed by atoms with E-state index in [9.17, 15) is 23.3 Å². The molecule has 9 heteroatoms. The molecule has 0 fully saturated rings. The van der Waals surface area contributed by atoms with Gasteiger partial charge in [-0.25, -0.2) is 13.2 Å². The number of benzene rings is 1. The zero-order valence-electron chi connectivity index (χ0n) is 13.6. The molecule has 25 heavy (non-hydrogen) atoms. The van der Waals surface area contributed by atoms with Crippen LogP contribution in [-0.4, -0.2) is 32.2 Å². The summed E-state index contributed by atoms with van der Waals surface area (Å²) in [6, 6.07) is 5.85. The minimum Gasteiger partial charge on any atom is -0.466 e. The molecule has 3 rings (SSSR count). The van der Waals surface area contributed by atoms with Crippen molar-refractivity contribution in [2.24, 2.45) is 0 Å². The number of ether oxygens (including phenoxy) is 1. The predicted octanol–water partition coefficient (Wildman–Crippen LogP) is 1.76. The number of nitrogens with zero attached hydrogens (tertiary/aromatic N) is 1. The van der Waals surface area contributed by atoms with Crippen LogP contribution in [0, 0.1) is 10.1 Å². The van der Waals surface area contributed by atoms with Crippen molar-refractivity contribution in [1.29, 1.82) is 0 Å². The first-order chi connectivity index (χ1) is 11.8. The average Bonchev–Trinajstić information content (AvgIpc) is 2.87. The topological polar surface area (TPSA) is 116 Å². The highest BCUT2D eigenvalue weighted by molar-refractivity contribution is 7.95. The van der Waals surface area contributed by atoms with Crippen LogP contribution in [0.1, 0.15) is 24.8 Å². The number of hydrogen-bond donors (Lipinski definition) is 1. The smallest absolute Gasteiger partial charge is 0.336 e. The van der Waals surface area contributed by atoms with Gasteiger partial charge in [-0.3, -0.25) is 10.1 Å². The number of dihydropyridines is 1. The molecule has 1 aromatic carbocycles. The number of hydrogen-bond acceptors (Lipinski definition) is 7. The molecule has 132 valence electrons. The third kappa shape index (κ3) is 2.70. The predicted molar refractivity (Wildman–Crippen MR) is 89.1 cm³/mol. The Morgan fingerprint density at radius 2 is 2.04 bits per heavy atom. The van der Waals surface area contributed by atoms with Crippen molar-refractivity contribution in [1.82, 2.24) is 5.32 Å². The SMILES string of the molecule is COC(=O)C1=C(C)NC2=C(C1c1ccccc1[N+](=O)[O-])S(=O)(=O)CC2. The molecule has 1 atom stereocenters. The van der Waals surface area contributed by atoms with E-state index in [2.05, 4.69) is 5.32 Å². The number of methoxy groups -OCH3 is 1. The van der Waals surface area contributed by atoms with Crippen LogP contribution in [0.4, 0.5) is 5.69 Å². The van der Waals surface area contributed by atoms with Crippen molar-refractivity contribution in [3.05, 3.63) is 61.8 Å². The molecule has 0 spiro atoms. The number of allylic oxidation sites excluding steroid dienone is 3. The first-order valence-corrected chi connectivity index (χ1v) is 9.18. The van der Waals surface area contributed by atoms with Gasteiger partial charge in [-0.1, -0.05) is 18.2 Å². The molecular weight excluding hydrogens is 348 g/mol. The Bertz CT molecular complexity index is 945. The van der Waals surface area contributed by atoms with E-state index in [-0.39, 0.29) is 33.9 Å². The van der Waals surface area contributed by atoms with Crippen LogP contribution in [0.5, 0.6) is 0 Å². The molecule has 2 aliphatic heterocycles. The van der Waals surface area contributed by atoms with Gasteiger partial charge >= 0.3 is 5.97 Å². The summed E-state index contributed by atoms with van der Waals surface area (Å²) in [4.78, 5) is 23.2. The fourth-order valence-electron chi connectivity index (χ4n) is 3.35. The summed E-state index contributed by atoms with van der Waals surface area (Å²) in [6.07, 6.45) is 0.278. The van der Waals surface area contributed by atoms with Crippen LogP contribution in [0.3, 0.4) is 0 Å². The maximum atomic E-state index is 12.6. The second-order valence-electron chi connectivity index (χ2n) is 5.82. The molecule has 2 heterocycles. The third-order valence-corrected chi connectivity index (χ3v) is 6.29. The Morgan fingerprint density at radius 1 is 1.36 bits per heavy atom. The minimum absolute atomic E-state index is 0.0211. The Morgan fingerprint density at radius 3 is 2.68 bits per heavy atom. The summed E-state index contributed by atoms with van der Waals surface area (Å²) in [5.41, 5.74) is 0.907. The van der Waals surface area contributed by atoms with Crippen molar-refractivity contribution < 1.29 is 22.9 Å². The summed E-state index contributed by atoms with van der Waals surface area (Å²) in [6.45, 7) is 1.63. The summed E-state index contributed by atoms with van der Waals surface area (Å²) >= 11 is 0. The van der Waals surface area contributed by atoms with E-state index < -0.39 is 26.6 Å². The van der Waals surface area contributed by atoms with Crippen molar-refractivity contribution >= 4 is 21.5 Å². The van der Waals surface area contributed by atoms with Crippen LogP contribution in [0.15, 0.2) is 46.1 Å². The quantitative estimate of drug-likeness (QED) is 0.493. The van der Waals surface area contributed by atoms with E-state index in [1.54, 1.807) is 13.0 Å². The Hall–Kier alpha value is -2.68. The lowest BCUT2D eigenvalue weighted by Crippen LogP contribution is -2.29. The van der Waals surface area contributed by atoms with Gasteiger partial charge in [0, 0.05) is 29.4 Å². The normalized spacial score (nSPS) is 21.6. The first kappa shape index (κ1) is 17.2. The zero-order chi connectivity index (χ0) is 18.4. The number of esters is 1. The summed E-state index contributed by atoms with van der Waals surface area (Å²) in [5.74, 6) is -1.87. The van der Waals surface area contributed by atoms with Gasteiger partial charge in [-0.15, -0.1) is 0 Å². The zero-order valence-corrected chi connectivity index (χ0v) is 14.4. The Kier molecular flexibility index (Phi) is 4.11. The number of nitro benzene ring substituents is 1. The van der Waals surface area contributed by atoms with Crippen molar-refractivity contribution in [2.45, 2.75) is 19.3 Å². The highest BCUT2D eigenvalue weighted by Crippen LogP contribution is 2.47. The number of sulfone groups is 1. The van der Waals surface area contributed by atoms with Crippen LogP contribution < -0.4 is 5.32 Å². The van der Waals surface area contributed by atoms with E-state index in [1.165, 1.54) is 25.3 Å². The fourth-order valence-corrected chi connectivity index (χ4v) is 5.18. The van der Waals surface area contributed by atoms with Gasteiger partial charge < -0.3 is 10.1 Å². The van der Waals surface area contributed by atoms with Gasteiger partial charge in [-0.2, -0.15) is 0 Å². The summed E-state index contributed by atoms with van der Waals surface area (Å²) < 4.78 is 30.0. The second kappa shape index (κ2) is 5.99. The molecule has 2 aliphatic rings. The monoisotopic (exact) mass is 364 g/mol. The Balaban J connectivity index is 2.32. The van der Waals surface area contributed by atoms with E-state index in [0.29, 0.717) is 11.4 Å². The average molecular weight is 364 g/mol. The molecule has 0 aromatic heterocycles. The van der Waals surface area contributed by atoms with Crippen molar-refractivity contribution in [3.63, 3.8) is 0 Å². The molecule has 1 aromatic rings. The molecule has 0 bridgehead atoms. The number of nitrogens with one attached hydrogen (secondary N) is 1. The van der Waals surface area contributed by atoms with Crippen LogP contribution in [-0.2, 0) is 19.4 Å². The molecule has 8 nitrogen and oxygen atoms in total. The molecule has 0 amide bonds. The van der Waals surface area contributed by atoms with E-state index in [4.69, 9.17) is 4.74 Å². The van der Waals surface area contributed by atoms with E-state index >= 15 is 0 Å². The summed E-state index contributed by atoms with van der Waals surface area (Å²) in [5, 5.41) is 14.4. The van der Waals surface area contributed by atoms with Gasteiger partial charge in [0.1, 0.15) is 0 Å². The molecule has 1 N–H and O–H groups in total. The highest BCUT2D eigenvalue weighted by Gasteiger charge is 2.45. The number of rotatable bonds is 3.